The molecular formula is C12H18N2O2. The third kappa shape index (κ3) is 3.03. The molecule has 0 amide bonds. The molecule has 4 nitrogen and oxygen atoms in total. The predicted octanol–water partition coefficient (Wildman–Crippen LogP) is 2.44. The van der Waals surface area contributed by atoms with E-state index in [-0.39, 0.29) is 16.7 Å². The summed E-state index contributed by atoms with van der Waals surface area (Å²) in [5.74, 6) is 0. The smallest absolute Gasteiger partial charge is 0.272 e. The first-order valence-electron chi connectivity index (χ1n) is 5.52. The topological polar surface area (TPSA) is 55.2 Å². The largest absolute Gasteiger partial charge is 0.314 e. The fraction of sp³-hybridized carbons (Fsp3) is 0.500. The summed E-state index contributed by atoms with van der Waals surface area (Å²) in [6.07, 6.45) is 0.691. The number of benzene rings is 1. The number of rotatable bonds is 5. The lowest BCUT2D eigenvalue weighted by atomic mass is 10.00. The van der Waals surface area contributed by atoms with Crippen LogP contribution in [0.2, 0.25) is 0 Å². The molecule has 0 aliphatic carbocycles. The van der Waals surface area contributed by atoms with E-state index >= 15 is 0 Å². The van der Waals surface area contributed by atoms with Gasteiger partial charge >= 0.3 is 0 Å². The van der Waals surface area contributed by atoms with Crippen molar-refractivity contribution in [3.05, 3.63) is 39.4 Å². The van der Waals surface area contributed by atoms with Gasteiger partial charge in [0, 0.05) is 17.7 Å². The number of aryl methyl sites for hydroxylation is 1. The van der Waals surface area contributed by atoms with E-state index < -0.39 is 0 Å². The van der Waals surface area contributed by atoms with Crippen LogP contribution in [-0.4, -0.2) is 17.5 Å². The molecular weight excluding hydrogens is 204 g/mol. The van der Waals surface area contributed by atoms with Crippen LogP contribution in [-0.2, 0) is 6.42 Å². The summed E-state index contributed by atoms with van der Waals surface area (Å²) in [6, 6.07) is 5.47. The molecule has 0 saturated heterocycles. The van der Waals surface area contributed by atoms with E-state index in [1.807, 2.05) is 26.8 Å². The number of likely N-dealkylation sites (N-methyl/N-ethyl adjacent to an activating group) is 1. The SMILES string of the molecule is CCNC(C)Cc1c(C)cccc1[N+](=O)[O-]. The van der Waals surface area contributed by atoms with E-state index in [9.17, 15) is 10.1 Å². The molecule has 0 radical (unpaired) electrons. The van der Waals surface area contributed by atoms with Crippen LogP contribution >= 0.6 is 0 Å². The summed E-state index contributed by atoms with van der Waals surface area (Å²) in [5.41, 5.74) is 2.05. The predicted molar refractivity (Wildman–Crippen MR) is 64.7 cm³/mol. The van der Waals surface area contributed by atoms with Crippen molar-refractivity contribution in [3.63, 3.8) is 0 Å². The second kappa shape index (κ2) is 5.61. The highest BCUT2D eigenvalue weighted by Gasteiger charge is 2.16. The number of hydrogen-bond donors (Lipinski definition) is 1. The summed E-state index contributed by atoms with van der Waals surface area (Å²) in [5, 5.41) is 14.2. The highest BCUT2D eigenvalue weighted by atomic mass is 16.6. The molecule has 1 aromatic carbocycles. The molecule has 88 valence electrons. The van der Waals surface area contributed by atoms with Crippen molar-refractivity contribution in [2.45, 2.75) is 33.2 Å². The van der Waals surface area contributed by atoms with Gasteiger partial charge in [-0.1, -0.05) is 19.1 Å². The van der Waals surface area contributed by atoms with Crippen LogP contribution in [0.15, 0.2) is 18.2 Å². The average molecular weight is 222 g/mol. The molecule has 4 heteroatoms. The van der Waals surface area contributed by atoms with Gasteiger partial charge in [-0.25, -0.2) is 0 Å². The van der Waals surface area contributed by atoms with E-state index in [1.165, 1.54) is 0 Å². The minimum Gasteiger partial charge on any atom is -0.314 e. The maximum absolute atomic E-state index is 10.9. The molecule has 0 aromatic heterocycles. The molecule has 0 aliphatic heterocycles. The van der Waals surface area contributed by atoms with Gasteiger partial charge < -0.3 is 5.32 Å². The van der Waals surface area contributed by atoms with Crippen LogP contribution in [0.1, 0.15) is 25.0 Å². The summed E-state index contributed by atoms with van der Waals surface area (Å²) >= 11 is 0. The minimum atomic E-state index is -0.305. The van der Waals surface area contributed by atoms with E-state index in [4.69, 9.17) is 0 Å². The number of nitro groups is 1. The Kier molecular flexibility index (Phi) is 4.43. The second-order valence-corrected chi connectivity index (χ2v) is 3.99. The van der Waals surface area contributed by atoms with Crippen molar-refractivity contribution in [2.75, 3.05) is 6.54 Å². The van der Waals surface area contributed by atoms with Gasteiger partial charge in [0.15, 0.2) is 0 Å². The molecule has 16 heavy (non-hydrogen) atoms. The van der Waals surface area contributed by atoms with Crippen LogP contribution in [0, 0.1) is 17.0 Å². The Bertz CT molecular complexity index is 377. The Morgan fingerprint density at radius 1 is 1.50 bits per heavy atom. The first kappa shape index (κ1) is 12.6. The molecule has 0 heterocycles. The Balaban J connectivity index is 2.97. The Morgan fingerprint density at radius 2 is 2.19 bits per heavy atom. The second-order valence-electron chi connectivity index (χ2n) is 3.99. The lowest BCUT2D eigenvalue weighted by Crippen LogP contribution is -2.28. The van der Waals surface area contributed by atoms with Crippen molar-refractivity contribution in [1.82, 2.24) is 5.32 Å². The first-order chi connectivity index (χ1) is 7.56. The van der Waals surface area contributed by atoms with Gasteiger partial charge in [-0.15, -0.1) is 0 Å². The molecule has 0 fully saturated rings. The van der Waals surface area contributed by atoms with E-state index in [0.717, 1.165) is 17.7 Å². The molecule has 0 spiro atoms. The monoisotopic (exact) mass is 222 g/mol. The Morgan fingerprint density at radius 3 is 2.75 bits per heavy atom. The molecule has 0 bridgehead atoms. The minimum absolute atomic E-state index is 0.227. The van der Waals surface area contributed by atoms with Crippen LogP contribution in [0.25, 0.3) is 0 Å². The Labute approximate surface area is 95.8 Å². The zero-order valence-corrected chi connectivity index (χ0v) is 9.99. The summed E-state index contributed by atoms with van der Waals surface area (Å²) in [6.45, 7) is 6.87. The van der Waals surface area contributed by atoms with Crippen molar-refractivity contribution < 1.29 is 4.92 Å². The van der Waals surface area contributed by atoms with E-state index in [2.05, 4.69) is 5.32 Å². The fourth-order valence-electron chi connectivity index (χ4n) is 1.85. The zero-order chi connectivity index (χ0) is 12.1. The third-order valence-electron chi connectivity index (χ3n) is 2.65. The van der Waals surface area contributed by atoms with Crippen molar-refractivity contribution >= 4 is 5.69 Å². The van der Waals surface area contributed by atoms with Crippen LogP contribution < -0.4 is 5.32 Å². The fourth-order valence-corrected chi connectivity index (χ4v) is 1.85. The van der Waals surface area contributed by atoms with Gasteiger partial charge in [0.2, 0.25) is 0 Å². The van der Waals surface area contributed by atoms with Crippen molar-refractivity contribution in [2.24, 2.45) is 0 Å². The number of nitrogens with one attached hydrogen (secondary N) is 1. The highest BCUT2D eigenvalue weighted by Crippen LogP contribution is 2.23. The maximum Gasteiger partial charge on any atom is 0.272 e. The number of nitrogens with zero attached hydrogens (tertiary/aromatic N) is 1. The summed E-state index contributed by atoms with van der Waals surface area (Å²) in [7, 11) is 0. The highest BCUT2D eigenvalue weighted by molar-refractivity contribution is 5.45. The summed E-state index contributed by atoms with van der Waals surface area (Å²) in [4.78, 5) is 10.6. The van der Waals surface area contributed by atoms with Crippen LogP contribution in [0.3, 0.4) is 0 Å². The lowest BCUT2D eigenvalue weighted by Gasteiger charge is -2.13. The number of hydrogen-bond acceptors (Lipinski definition) is 3. The quantitative estimate of drug-likeness (QED) is 0.615. The van der Waals surface area contributed by atoms with Gasteiger partial charge in [0.25, 0.3) is 5.69 Å². The van der Waals surface area contributed by atoms with Gasteiger partial charge in [-0.3, -0.25) is 10.1 Å². The number of nitro benzene ring substituents is 1. The standard InChI is InChI=1S/C12H18N2O2/c1-4-13-10(3)8-11-9(2)6-5-7-12(11)14(15)16/h5-7,10,13H,4,8H2,1-3H3. The normalized spacial score (nSPS) is 12.4. The molecule has 1 N–H and O–H groups in total. The van der Waals surface area contributed by atoms with Crippen LogP contribution in [0.5, 0.6) is 0 Å². The zero-order valence-electron chi connectivity index (χ0n) is 9.99. The average Bonchev–Trinajstić information content (AvgIpc) is 2.21. The summed E-state index contributed by atoms with van der Waals surface area (Å²) < 4.78 is 0. The molecule has 1 atom stereocenters. The first-order valence-corrected chi connectivity index (χ1v) is 5.52. The molecule has 1 aromatic rings. The molecule has 1 rings (SSSR count). The van der Waals surface area contributed by atoms with Gasteiger partial charge in [0.1, 0.15) is 0 Å². The van der Waals surface area contributed by atoms with Gasteiger partial charge in [-0.05, 0) is 32.4 Å². The maximum atomic E-state index is 10.9. The molecule has 0 aliphatic rings. The Hall–Kier alpha value is -1.42. The third-order valence-corrected chi connectivity index (χ3v) is 2.65. The molecule has 1 unspecified atom stereocenters. The van der Waals surface area contributed by atoms with Crippen LogP contribution in [0.4, 0.5) is 5.69 Å². The van der Waals surface area contributed by atoms with Gasteiger partial charge in [-0.2, -0.15) is 0 Å². The van der Waals surface area contributed by atoms with E-state index in [0.29, 0.717) is 6.42 Å². The molecule has 0 saturated carbocycles. The lowest BCUT2D eigenvalue weighted by molar-refractivity contribution is -0.385. The van der Waals surface area contributed by atoms with Crippen molar-refractivity contribution in [3.8, 4) is 0 Å². The van der Waals surface area contributed by atoms with E-state index in [1.54, 1.807) is 12.1 Å². The van der Waals surface area contributed by atoms with Crippen molar-refractivity contribution in [1.29, 1.82) is 0 Å². The van der Waals surface area contributed by atoms with Gasteiger partial charge in [0.05, 0.1) is 4.92 Å².